The maximum absolute atomic E-state index is 10.9. The standard InChI is InChI=1S/C5H6N4O2/c10-5-3-4(9(11)8-5)7-2-1-6-3/h1-3,6,11H,(H,8,10). The zero-order chi connectivity index (χ0) is 7.84. The van der Waals surface area contributed by atoms with E-state index in [9.17, 15) is 4.79 Å². The Bertz CT molecular complexity index is 259. The number of carbonyl (C=O) groups is 1. The first-order chi connectivity index (χ1) is 5.29. The Morgan fingerprint density at radius 1 is 1.73 bits per heavy atom. The van der Waals surface area contributed by atoms with Gasteiger partial charge in [-0.3, -0.25) is 10.0 Å². The topological polar surface area (TPSA) is 77.0 Å². The van der Waals surface area contributed by atoms with Crippen molar-refractivity contribution in [3.8, 4) is 0 Å². The van der Waals surface area contributed by atoms with E-state index < -0.39 is 6.04 Å². The van der Waals surface area contributed by atoms with Gasteiger partial charge in [0, 0.05) is 12.4 Å². The average Bonchev–Trinajstić information content (AvgIpc) is 2.30. The van der Waals surface area contributed by atoms with Crippen LogP contribution in [0.3, 0.4) is 0 Å². The van der Waals surface area contributed by atoms with Crippen LogP contribution in [0.5, 0.6) is 0 Å². The fourth-order valence-corrected chi connectivity index (χ4v) is 0.998. The van der Waals surface area contributed by atoms with Crippen LogP contribution in [-0.4, -0.2) is 28.2 Å². The zero-order valence-electron chi connectivity index (χ0n) is 5.48. The summed E-state index contributed by atoms with van der Waals surface area (Å²) in [4.78, 5) is 14.7. The van der Waals surface area contributed by atoms with Gasteiger partial charge in [-0.05, 0) is 0 Å². The number of rotatable bonds is 0. The van der Waals surface area contributed by atoms with Gasteiger partial charge in [0.1, 0.15) is 0 Å². The molecule has 0 aromatic heterocycles. The molecular weight excluding hydrogens is 148 g/mol. The van der Waals surface area contributed by atoms with Crippen LogP contribution in [0, 0.1) is 0 Å². The van der Waals surface area contributed by atoms with E-state index in [4.69, 9.17) is 5.21 Å². The predicted molar refractivity (Wildman–Crippen MR) is 35.3 cm³/mol. The molecule has 11 heavy (non-hydrogen) atoms. The lowest BCUT2D eigenvalue weighted by Crippen LogP contribution is -2.39. The van der Waals surface area contributed by atoms with E-state index >= 15 is 0 Å². The maximum atomic E-state index is 10.9. The lowest BCUT2D eigenvalue weighted by molar-refractivity contribution is -0.131. The Kier molecular flexibility index (Phi) is 1.10. The molecule has 2 heterocycles. The number of amides is 1. The Balaban J connectivity index is 2.34. The van der Waals surface area contributed by atoms with E-state index in [0.717, 1.165) is 0 Å². The Labute approximate surface area is 62.1 Å². The van der Waals surface area contributed by atoms with Crippen molar-refractivity contribution in [3.05, 3.63) is 12.4 Å². The van der Waals surface area contributed by atoms with Gasteiger partial charge < -0.3 is 5.32 Å². The van der Waals surface area contributed by atoms with Gasteiger partial charge in [0.05, 0.1) is 0 Å². The highest BCUT2D eigenvalue weighted by Crippen LogP contribution is 2.05. The summed E-state index contributed by atoms with van der Waals surface area (Å²) in [6.45, 7) is 0. The quantitative estimate of drug-likeness (QED) is 0.399. The number of nitrogens with zero attached hydrogens (tertiary/aromatic N) is 2. The summed E-state index contributed by atoms with van der Waals surface area (Å²) in [5.74, 6) is -0.0342. The fourth-order valence-electron chi connectivity index (χ4n) is 0.998. The van der Waals surface area contributed by atoms with Gasteiger partial charge in [0.25, 0.3) is 5.91 Å². The molecule has 6 heteroatoms. The Hall–Kier alpha value is -1.56. The maximum Gasteiger partial charge on any atom is 0.270 e. The number of hydrogen-bond acceptors (Lipinski definition) is 5. The first kappa shape index (κ1) is 6.17. The molecule has 1 fully saturated rings. The van der Waals surface area contributed by atoms with E-state index in [1.54, 1.807) is 6.20 Å². The van der Waals surface area contributed by atoms with Crippen LogP contribution in [-0.2, 0) is 4.79 Å². The average molecular weight is 154 g/mol. The van der Waals surface area contributed by atoms with E-state index in [-0.39, 0.29) is 11.7 Å². The van der Waals surface area contributed by atoms with Crippen molar-refractivity contribution in [2.75, 3.05) is 0 Å². The number of nitrogens with one attached hydrogen (secondary N) is 2. The minimum absolute atomic E-state index is 0.275. The van der Waals surface area contributed by atoms with Crippen molar-refractivity contribution >= 4 is 11.7 Å². The SMILES string of the molecule is O=C1NN(O)C2=NC=CNC12. The van der Waals surface area contributed by atoms with Gasteiger partial charge in [-0.2, -0.15) is 0 Å². The van der Waals surface area contributed by atoms with Crippen molar-refractivity contribution in [3.63, 3.8) is 0 Å². The second kappa shape index (κ2) is 1.96. The van der Waals surface area contributed by atoms with E-state index in [1.165, 1.54) is 6.20 Å². The summed E-state index contributed by atoms with van der Waals surface area (Å²) in [5, 5.41) is 12.3. The number of hydroxylamine groups is 1. The molecule has 0 spiro atoms. The molecule has 0 aromatic rings. The molecule has 2 rings (SSSR count). The highest BCUT2D eigenvalue weighted by Gasteiger charge is 2.36. The fraction of sp³-hybridized carbons (Fsp3) is 0.200. The minimum Gasteiger partial charge on any atom is -0.372 e. The van der Waals surface area contributed by atoms with Gasteiger partial charge in [-0.15, -0.1) is 5.17 Å². The Morgan fingerprint density at radius 2 is 2.55 bits per heavy atom. The van der Waals surface area contributed by atoms with Gasteiger partial charge in [0.2, 0.25) is 0 Å². The lowest BCUT2D eigenvalue weighted by atomic mass is 10.2. The molecule has 58 valence electrons. The molecule has 2 aliphatic heterocycles. The molecule has 0 bridgehead atoms. The third kappa shape index (κ3) is 0.761. The summed E-state index contributed by atoms with van der Waals surface area (Å²) < 4.78 is 0. The number of aliphatic imine (C=N–C) groups is 1. The summed E-state index contributed by atoms with van der Waals surface area (Å²) in [6, 6.07) is -0.551. The van der Waals surface area contributed by atoms with E-state index in [0.29, 0.717) is 5.17 Å². The zero-order valence-corrected chi connectivity index (χ0v) is 5.48. The predicted octanol–water partition coefficient (Wildman–Crippen LogP) is -1.44. The molecule has 0 aliphatic carbocycles. The highest BCUT2D eigenvalue weighted by atomic mass is 16.5. The Morgan fingerprint density at radius 3 is 3.27 bits per heavy atom. The summed E-state index contributed by atoms with van der Waals surface area (Å²) >= 11 is 0. The van der Waals surface area contributed by atoms with Crippen molar-refractivity contribution in [1.82, 2.24) is 15.9 Å². The largest absolute Gasteiger partial charge is 0.372 e. The van der Waals surface area contributed by atoms with Crippen molar-refractivity contribution in [2.24, 2.45) is 4.99 Å². The summed E-state index contributed by atoms with van der Waals surface area (Å²) in [6.07, 6.45) is 3.02. The third-order valence-corrected chi connectivity index (χ3v) is 1.50. The van der Waals surface area contributed by atoms with Crippen LogP contribution in [0.1, 0.15) is 0 Å². The smallest absolute Gasteiger partial charge is 0.270 e. The van der Waals surface area contributed by atoms with Gasteiger partial charge >= 0.3 is 0 Å². The molecule has 1 unspecified atom stereocenters. The van der Waals surface area contributed by atoms with Crippen LogP contribution < -0.4 is 10.7 Å². The van der Waals surface area contributed by atoms with Crippen LogP contribution in [0.2, 0.25) is 0 Å². The second-order valence-corrected chi connectivity index (χ2v) is 2.19. The molecule has 1 amide bonds. The van der Waals surface area contributed by atoms with E-state index in [2.05, 4.69) is 15.7 Å². The number of hydrazine groups is 1. The molecule has 6 nitrogen and oxygen atoms in total. The lowest BCUT2D eigenvalue weighted by Gasteiger charge is -2.12. The molecule has 0 aromatic carbocycles. The van der Waals surface area contributed by atoms with Crippen molar-refractivity contribution in [1.29, 1.82) is 0 Å². The molecule has 2 aliphatic rings. The normalized spacial score (nSPS) is 27.4. The van der Waals surface area contributed by atoms with Crippen LogP contribution in [0.4, 0.5) is 0 Å². The molecule has 3 N–H and O–H groups in total. The van der Waals surface area contributed by atoms with Crippen molar-refractivity contribution in [2.45, 2.75) is 6.04 Å². The molecule has 0 radical (unpaired) electrons. The summed E-state index contributed by atoms with van der Waals surface area (Å²) in [5.41, 5.74) is 2.18. The van der Waals surface area contributed by atoms with E-state index in [1.807, 2.05) is 0 Å². The summed E-state index contributed by atoms with van der Waals surface area (Å²) in [7, 11) is 0. The molecular formula is C5H6N4O2. The van der Waals surface area contributed by atoms with Crippen molar-refractivity contribution < 1.29 is 10.0 Å². The second-order valence-electron chi connectivity index (χ2n) is 2.19. The number of fused-ring (bicyclic) bond motifs is 1. The molecule has 1 saturated heterocycles. The first-order valence-corrected chi connectivity index (χ1v) is 3.07. The third-order valence-electron chi connectivity index (χ3n) is 1.50. The number of amidine groups is 1. The molecule has 0 saturated carbocycles. The van der Waals surface area contributed by atoms with Crippen LogP contribution >= 0.6 is 0 Å². The van der Waals surface area contributed by atoms with Gasteiger partial charge in [0.15, 0.2) is 11.9 Å². The molecule has 1 atom stereocenters. The van der Waals surface area contributed by atoms with Gasteiger partial charge in [-0.1, -0.05) is 0 Å². The van der Waals surface area contributed by atoms with Crippen LogP contribution in [0.25, 0.3) is 0 Å². The number of carbonyl (C=O) groups excluding carboxylic acids is 1. The number of hydrogen-bond donors (Lipinski definition) is 3. The van der Waals surface area contributed by atoms with Gasteiger partial charge in [-0.25, -0.2) is 10.4 Å². The minimum atomic E-state index is -0.551. The monoisotopic (exact) mass is 154 g/mol. The highest BCUT2D eigenvalue weighted by molar-refractivity contribution is 6.11. The van der Waals surface area contributed by atoms with Crippen LogP contribution in [0.15, 0.2) is 17.4 Å². The first-order valence-electron chi connectivity index (χ1n) is 3.07.